The number of nitrogens with one attached hydrogen (secondary N) is 1. The van der Waals surface area contributed by atoms with Crippen LogP contribution in [0.3, 0.4) is 0 Å². The zero-order valence-corrected chi connectivity index (χ0v) is 12.5. The van der Waals surface area contributed by atoms with E-state index in [-0.39, 0.29) is 11.2 Å². The van der Waals surface area contributed by atoms with E-state index in [0.717, 1.165) is 12.2 Å². The standard InChI is InChI=1S/C12H13BrF2N2S/c1-3-12(2)6-18-11(17-12)16-10-8(14)4-7(13)5-9(10)15/h4-5H,3,6H2,1-2H3,(H,16,17). The molecule has 2 rings (SSSR count). The third-order valence-electron chi connectivity index (χ3n) is 2.89. The maximum atomic E-state index is 13.6. The summed E-state index contributed by atoms with van der Waals surface area (Å²) in [5.74, 6) is -0.434. The van der Waals surface area contributed by atoms with Gasteiger partial charge in [-0.05, 0) is 25.5 Å². The summed E-state index contributed by atoms with van der Waals surface area (Å²) >= 11 is 4.53. The van der Waals surface area contributed by atoms with E-state index in [1.807, 2.05) is 13.8 Å². The number of aliphatic imine (C=N–C) groups is 1. The third-order valence-corrected chi connectivity index (χ3v) is 4.58. The summed E-state index contributed by atoms with van der Waals surface area (Å²) in [6, 6.07) is 2.45. The number of thioether (sulfide) groups is 1. The molecule has 1 aliphatic rings. The molecule has 1 atom stereocenters. The topological polar surface area (TPSA) is 24.4 Å². The molecular weight excluding hydrogens is 322 g/mol. The lowest BCUT2D eigenvalue weighted by molar-refractivity contribution is 0.522. The van der Waals surface area contributed by atoms with E-state index in [4.69, 9.17) is 0 Å². The van der Waals surface area contributed by atoms with E-state index >= 15 is 0 Å². The summed E-state index contributed by atoms with van der Waals surface area (Å²) in [5, 5.41) is 3.31. The van der Waals surface area contributed by atoms with Gasteiger partial charge in [0.25, 0.3) is 0 Å². The van der Waals surface area contributed by atoms with Crippen LogP contribution in [0.2, 0.25) is 0 Å². The largest absolute Gasteiger partial charge is 0.330 e. The van der Waals surface area contributed by atoms with Gasteiger partial charge in [0.2, 0.25) is 0 Å². The van der Waals surface area contributed by atoms with Crippen LogP contribution in [-0.4, -0.2) is 16.5 Å². The predicted molar refractivity (Wildman–Crippen MR) is 76.3 cm³/mol. The average Bonchev–Trinajstić information content (AvgIpc) is 2.66. The molecule has 0 aliphatic carbocycles. The second-order valence-electron chi connectivity index (χ2n) is 4.43. The first kappa shape index (κ1) is 13.8. The van der Waals surface area contributed by atoms with Crippen molar-refractivity contribution in [2.75, 3.05) is 11.1 Å². The van der Waals surface area contributed by atoms with Crippen molar-refractivity contribution in [3.8, 4) is 0 Å². The molecule has 98 valence electrons. The average molecular weight is 335 g/mol. The molecule has 0 fully saturated rings. The van der Waals surface area contributed by atoms with Crippen LogP contribution in [0.4, 0.5) is 14.5 Å². The normalized spacial score (nSPS) is 23.1. The van der Waals surface area contributed by atoms with Crippen LogP contribution in [0.25, 0.3) is 0 Å². The van der Waals surface area contributed by atoms with E-state index in [0.29, 0.717) is 9.64 Å². The Morgan fingerprint density at radius 2 is 2.06 bits per heavy atom. The lowest BCUT2D eigenvalue weighted by atomic mass is 10.0. The first-order chi connectivity index (χ1) is 8.43. The van der Waals surface area contributed by atoms with Gasteiger partial charge in [0.1, 0.15) is 5.69 Å². The highest BCUT2D eigenvalue weighted by molar-refractivity contribution is 9.10. The van der Waals surface area contributed by atoms with Crippen molar-refractivity contribution in [2.24, 2.45) is 4.99 Å². The van der Waals surface area contributed by atoms with Crippen molar-refractivity contribution in [3.05, 3.63) is 28.2 Å². The molecule has 1 N–H and O–H groups in total. The van der Waals surface area contributed by atoms with Gasteiger partial charge in [-0.3, -0.25) is 4.99 Å². The zero-order chi connectivity index (χ0) is 13.3. The predicted octanol–water partition coefficient (Wildman–Crippen LogP) is 4.41. The van der Waals surface area contributed by atoms with Gasteiger partial charge < -0.3 is 5.32 Å². The van der Waals surface area contributed by atoms with Crippen LogP contribution in [0.5, 0.6) is 0 Å². The van der Waals surface area contributed by atoms with E-state index in [9.17, 15) is 8.78 Å². The fraction of sp³-hybridized carbons (Fsp3) is 0.417. The Kier molecular flexibility index (Phi) is 3.96. The Hall–Kier alpha value is -0.620. The van der Waals surface area contributed by atoms with Crippen molar-refractivity contribution in [1.29, 1.82) is 0 Å². The minimum absolute atomic E-state index is 0.144. The van der Waals surface area contributed by atoms with E-state index in [1.165, 1.54) is 23.9 Å². The molecule has 0 saturated heterocycles. The van der Waals surface area contributed by atoms with Gasteiger partial charge in [-0.25, -0.2) is 8.78 Å². The molecule has 2 nitrogen and oxygen atoms in total. The molecule has 1 aromatic rings. The highest BCUT2D eigenvalue weighted by Gasteiger charge is 2.29. The Bertz CT molecular complexity index is 484. The third kappa shape index (κ3) is 2.85. The van der Waals surface area contributed by atoms with Crippen LogP contribution in [0.1, 0.15) is 20.3 Å². The van der Waals surface area contributed by atoms with Crippen LogP contribution in [0.15, 0.2) is 21.6 Å². The first-order valence-corrected chi connectivity index (χ1v) is 7.35. The van der Waals surface area contributed by atoms with Crippen LogP contribution in [-0.2, 0) is 0 Å². The lowest BCUT2D eigenvalue weighted by Gasteiger charge is -2.15. The summed E-state index contributed by atoms with van der Waals surface area (Å²) in [7, 11) is 0. The van der Waals surface area contributed by atoms with E-state index < -0.39 is 11.6 Å². The van der Waals surface area contributed by atoms with Crippen molar-refractivity contribution in [1.82, 2.24) is 0 Å². The van der Waals surface area contributed by atoms with Gasteiger partial charge >= 0.3 is 0 Å². The summed E-state index contributed by atoms with van der Waals surface area (Å²) in [5.41, 5.74) is -0.292. The number of hydrogen-bond donors (Lipinski definition) is 1. The SMILES string of the molecule is CCC1(C)CSC(Nc2c(F)cc(Br)cc2F)=N1. The molecule has 0 radical (unpaired) electrons. The second-order valence-corrected chi connectivity index (χ2v) is 6.31. The molecule has 0 bridgehead atoms. The maximum Gasteiger partial charge on any atom is 0.161 e. The molecule has 0 saturated carbocycles. The zero-order valence-electron chi connectivity index (χ0n) is 10.1. The smallest absolute Gasteiger partial charge is 0.161 e. The van der Waals surface area contributed by atoms with Crippen LogP contribution >= 0.6 is 27.7 Å². The van der Waals surface area contributed by atoms with Crippen LogP contribution in [0, 0.1) is 11.6 Å². The van der Waals surface area contributed by atoms with Crippen molar-refractivity contribution >= 4 is 38.5 Å². The quantitative estimate of drug-likeness (QED) is 0.866. The van der Waals surface area contributed by atoms with Crippen molar-refractivity contribution in [2.45, 2.75) is 25.8 Å². The molecule has 1 heterocycles. The highest BCUT2D eigenvalue weighted by Crippen LogP contribution is 2.32. The van der Waals surface area contributed by atoms with Gasteiger partial charge in [-0.1, -0.05) is 34.6 Å². The number of nitrogens with zero attached hydrogens (tertiary/aromatic N) is 1. The number of rotatable bonds is 2. The van der Waals surface area contributed by atoms with E-state index in [2.05, 4.69) is 26.2 Å². The van der Waals surface area contributed by atoms with Crippen LogP contribution < -0.4 is 5.32 Å². The van der Waals surface area contributed by atoms with Gasteiger partial charge in [0.05, 0.1) is 5.54 Å². The molecule has 0 spiro atoms. The molecule has 0 aromatic heterocycles. The minimum atomic E-state index is -0.629. The van der Waals surface area contributed by atoms with E-state index in [1.54, 1.807) is 0 Å². The minimum Gasteiger partial charge on any atom is -0.330 e. The van der Waals surface area contributed by atoms with Gasteiger partial charge in [-0.2, -0.15) is 0 Å². The number of anilines is 1. The van der Waals surface area contributed by atoms with Gasteiger partial charge in [0, 0.05) is 10.2 Å². The molecular formula is C12H13BrF2N2S. The van der Waals surface area contributed by atoms with Crippen molar-refractivity contribution in [3.63, 3.8) is 0 Å². The summed E-state index contributed by atoms with van der Waals surface area (Å²) in [6.07, 6.45) is 0.899. The lowest BCUT2D eigenvalue weighted by Crippen LogP contribution is -2.20. The number of halogens is 3. The Balaban J connectivity index is 2.24. The Morgan fingerprint density at radius 3 is 2.56 bits per heavy atom. The fourth-order valence-corrected chi connectivity index (χ4v) is 3.12. The molecule has 1 aliphatic heterocycles. The number of amidine groups is 1. The first-order valence-electron chi connectivity index (χ1n) is 5.58. The van der Waals surface area contributed by atoms with Gasteiger partial charge in [0.15, 0.2) is 16.8 Å². The summed E-state index contributed by atoms with van der Waals surface area (Å²) in [6.45, 7) is 4.08. The highest BCUT2D eigenvalue weighted by atomic mass is 79.9. The Morgan fingerprint density at radius 1 is 1.44 bits per heavy atom. The number of benzene rings is 1. The maximum absolute atomic E-state index is 13.6. The van der Waals surface area contributed by atoms with Crippen molar-refractivity contribution < 1.29 is 8.78 Å². The molecule has 6 heteroatoms. The number of hydrogen-bond acceptors (Lipinski definition) is 3. The molecule has 1 aromatic carbocycles. The molecule has 18 heavy (non-hydrogen) atoms. The summed E-state index contributed by atoms with van der Waals surface area (Å²) < 4.78 is 27.7. The second kappa shape index (κ2) is 5.17. The fourth-order valence-electron chi connectivity index (χ4n) is 1.55. The molecule has 0 amide bonds. The monoisotopic (exact) mass is 334 g/mol. The Labute approximate surface area is 117 Å². The summed E-state index contributed by atoms with van der Waals surface area (Å²) in [4.78, 5) is 4.46. The molecule has 1 unspecified atom stereocenters. The van der Waals surface area contributed by atoms with Gasteiger partial charge in [-0.15, -0.1) is 0 Å².